The number of fused-ring (bicyclic) bond motifs is 3. The van der Waals surface area contributed by atoms with Crippen molar-refractivity contribution in [3.05, 3.63) is 53.8 Å². The molecule has 17 heavy (non-hydrogen) atoms. The zero-order valence-electron chi connectivity index (χ0n) is 9.01. The number of carboxylic acid groups (broad SMARTS) is 1. The second kappa shape index (κ2) is 3.63. The molecule has 0 amide bonds. The van der Waals surface area contributed by atoms with Crippen molar-refractivity contribution in [3.63, 3.8) is 0 Å². The monoisotopic (exact) mass is 226 g/mol. The predicted octanol–water partition coefficient (Wildman–Crippen LogP) is 2.74. The molecule has 0 spiro atoms. The van der Waals surface area contributed by atoms with Gasteiger partial charge in [0.2, 0.25) is 0 Å². The number of rotatable bonds is 1. The van der Waals surface area contributed by atoms with Crippen molar-refractivity contribution in [1.82, 2.24) is 0 Å². The van der Waals surface area contributed by atoms with Gasteiger partial charge in [0.25, 0.3) is 0 Å². The second-order valence-corrected chi connectivity index (χ2v) is 4.01. The molecule has 84 valence electrons. The summed E-state index contributed by atoms with van der Waals surface area (Å²) in [6.45, 7) is 0. The third-order valence-electron chi connectivity index (χ3n) is 2.97. The molecule has 0 radical (unpaired) electrons. The van der Waals surface area contributed by atoms with Crippen LogP contribution < -0.4 is 4.74 Å². The SMILES string of the molecule is O=C(O)C1=COc2ccc3ccccc3c2C1. The lowest BCUT2D eigenvalue weighted by Crippen LogP contribution is -2.10. The molecule has 0 fully saturated rings. The number of carboxylic acids is 1. The molecule has 0 atom stereocenters. The van der Waals surface area contributed by atoms with Gasteiger partial charge in [0.05, 0.1) is 5.57 Å². The topological polar surface area (TPSA) is 46.5 Å². The van der Waals surface area contributed by atoms with Gasteiger partial charge in [-0.05, 0) is 16.8 Å². The molecule has 0 saturated carbocycles. The first-order valence-corrected chi connectivity index (χ1v) is 5.35. The summed E-state index contributed by atoms with van der Waals surface area (Å²) in [6.07, 6.45) is 1.73. The Hall–Kier alpha value is -2.29. The molecule has 1 aliphatic heterocycles. The average molecular weight is 226 g/mol. The van der Waals surface area contributed by atoms with Crippen molar-refractivity contribution in [2.75, 3.05) is 0 Å². The van der Waals surface area contributed by atoms with E-state index in [4.69, 9.17) is 9.84 Å². The predicted molar refractivity (Wildman–Crippen MR) is 64.0 cm³/mol. The van der Waals surface area contributed by atoms with E-state index in [0.717, 1.165) is 22.1 Å². The van der Waals surface area contributed by atoms with Gasteiger partial charge in [-0.15, -0.1) is 0 Å². The summed E-state index contributed by atoms with van der Waals surface area (Å²) in [7, 11) is 0. The van der Waals surface area contributed by atoms with Gasteiger partial charge in [-0.1, -0.05) is 30.3 Å². The molecular formula is C14H10O3. The lowest BCUT2D eigenvalue weighted by atomic mass is 9.96. The summed E-state index contributed by atoms with van der Waals surface area (Å²) in [5.74, 6) is -0.183. The Morgan fingerprint density at radius 1 is 1.18 bits per heavy atom. The van der Waals surface area contributed by atoms with E-state index >= 15 is 0 Å². The van der Waals surface area contributed by atoms with Crippen LogP contribution >= 0.6 is 0 Å². The normalized spacial score (nSPS) is 13.8. The van der Waals surface area contributed by atoms with Gasteiger partial charge in [-0.3, -0.25) is 0 Å². The van der Waals surface area contributed by atoms with Gasteiger partial charge in [0.15, 0.2) is 0 Å². The maximum atomic E-state index is 11.0. The number of aliphatic carboxylic acids is 1. The van der Waals surface area contributed by atoms with Crippen LogP contribution in [0.2, 0.25) is 0 Å². The summed E-state index contributed by atoms with van der Waals surface area (Å²) in [5, 5.41) is 11.1. The molecule has 2 aromatic carbocycles. The molecule has 3 nitrogen and oxygen atoms in total. The van der Waals surface area contributed by atoms with Gasteiger partial charge < -0.3 is 9.84 Å². The summed E-state index contributed by atoms with van der Waals surface area (Å²) >= 11 is 0. The first-order valence-electron chi connectivity index (χ1n) is 5.35. The minimum atomic E-state index is -0.927. The first kappa shape index (κ1) is 9.90. The van der Waals surface area contributed by atoms with E-state index in [1.807, 2.05) is 36.4 Å². The molecule has 0 aliphatic carbocycles. The molecule has 0 aromatic heterocycles. The third-order valence-corrected chi connectivity index (χ3v) is 2.97. The smallest absolute Gasteiger partial charge is 0.335 e. The maximum Gasteiger partial charge on any atom is 0.335 e. The highest BCUT2D eigenvalue weighted by atomic mass is 16.5. The van der Waals surface area contributed by atoms with E-state index in [-0.39, 0.29) is 5.57 Å². The average Bonchev–Trinajstić information content (AvgIpc) is 2.38. The number of hydrogen-bond donors (Lipinski definition) is 1. The zero-order valence-corrected chi connectivity index (χ0v) is 9.01. The Morgan fingerprint density at radius 2 is 2.00 bits per heavy atom. The Kier molecular flexibility index (Phi) is 2.11. The van der Waals surface area contributed by atoms with Crippen LogP contribution in [0.1, 0.15) is 5.56 Å². The number of hydrogen-bond acceptors (Lipinski definition) is 2. The van der Waals surface area contributed by atoms with Crippen molar-refractivity contribution < 1.29 is 14.6 Å². The van der Waals surface area contributed by atoms with Crippen molar-refractivity contribution in [2.45, 2.75) is 6.42 Å². The fourth-order valence-electron chi connectivity index (χ4n) is 2.10. The van der Waals surface area contributed by atoms with Gasteiger partial charge in [-0.25, -0.2) is 4.79 Å². The molecular weight excluding hydrogens is 216 g/mol. The van der Waals surface area contributed by atoms with Gasteiger partial charge in [0.1, 0.15) is 12.0 Å². The van der Waals surface area contributed by atoms with Crippen molar-refractivity contribution in [1.29, 1.82) is 0 Å². The molecule has 3 rings (SSSR count). The van der Waals surface area contributed by atoms with E-state index in [1.165, 1.54) is 6.26 Å². The van der Waals surface area contributed by atoms with E-state index < -0.39 is 5.97 Å². The van der Waals surface area contributed by atoms with Gasteiger partial charge in [0, 0.05) is 12.0 Å². The third kappa shape index (κ3) is 1.56. The maximum absolute atomic E-state index is 11.0. The Labute approximate surface area is 97.9 Å². The zero-order chi connectivity index (χ0) is 11.8. The molecule has 1 heterocycles. The van der Waals surface area contributed by atoms with Crippen molar-refractivity contribution in [2.24, 2.45) is 0 Å². The van der Waals surface area contributed by atoms with Crippen LogP contribution in [0.15, 0.2) is 48.2 Å². The Balaban J connectivity index is 2.19. The fourth-order valence-corrected chi connectivity index (χ4v) is 2.10. The summed E-state index contributed by atoms with van der Waals surface area (Å²) in [4.78, 5) is 11.0. The van der Waals surface area contributed by atoms with Crippen LogP contribution in [-0.4, -0.2) is 11.1 Å². The summed E-state index contributed by atoms with van der Waals surface area (Å²) < 4.78 is 5.36. The first-order chi connectivity index (χ1) is 8.25. The van der Waals surface area contributed by atoms with Crippen molar-refractivity contribution in [3.8, 4) is 5.75 Å². The molecule has 1 aliphatic rings. The highest BCUT2D eigenvalue weighted by molar-refractivity contribution is 5.92. The quantitative estimate of drug-likeness (QED) is 0.813. The molecule has 0 saturated heterocycles. The van der Waals surface area contributed by atoms with Gasteiger partial charge in [-0.2, -0.15) is 0 Å². The van der Waals surface area contributed by atoms with E-state index in [0.29, 0.717) is 6.42 Å². The Bertz CT molecular complexity index is 641. The lowest BCUT2D eigenvalue weighted by molar-refractivity contribution is -0.132. The fraction of sp³-hybridized carbons (Fsp3) is 0.0714. The van der Waals surface area contributed by atoms with Gasteiger partial charge >= 0.3 is 5.97 Å². The lowest BCUT2D eigenvalue weighted by Gasteiger charge is -2.17. The molecule has 3 heteroatoms. The van der Waals surface area contributed by atoms with Crippen LogP contribution in [0.4, 0.5) is 0 Å². The molecule has 0 unspecified atom stereocenters. The van der Waals surface area contributed by atoms with Crippen molar-refractivity contribution >= 4 is 16.7 Å². The number of carbonyl (C=O) groups is 1. The van der Waals surface area contributed by atoms with Crippen LogP contribution in [0.25, 0.3) is 10.8 Å². The minimum absolute atomic E-state index is 0.286. The van der Waals surface area contributed by atoms with Crippen LogP contribution in [0.3, 0.4) is 0 Å². The highest BCUT2D eigenvalue weighted by Gasteiger charge is 2.19. The van der Waals surface area contributed by atoms with E-state index in [9.17, 15) is 4.79 Å². The second-order valence-electron chi connectivity index (χ2n) is 4.01. The van der Waals surface area contributed by atoms with E-state index in [1.54, 1.807) is 0 Å². The highest BCUT2D eigenvalue weighted by Crippen LogP contribution is 2.33. The van der Waals surface area contributed by atoms with E-state index in [2.05, 4.69) is 0 Å². The standard InChI is InChI=1S/C14H10O3/c15-14(16)10-7-12-11-4-2-1-3-9(11)5-6-13(12)17-8-10/h1-6,8H,7H2,(H,15,16). The van der Waals surface area contributed by atoms with Crippen LogP contribution in [-0.2, 0) is 11.2 Å². The molecule has 0 bridgehead atoms. The number of ether oxygens (including phenoxy) is 1. The minimum Gasteiger partial charge on any atom is -0.478 e. The molecule has 2 aromatic rings. The molecule has 1 N–H and O–H groups in total. The largest absolute Gasteiger partial charge is 0.478 e. The summed E-state index contributed by atoms with van der Waals surface area (Å²) in [5.41, 5.74) is 1.23. The van der Waals surface area contributed by atoms with Crippen LogP contribution in [0.5, 0.6) is 5.75 Å². The summed E-state index contributed by atoms with van der Waals surface area (Å²) in [6, 6.07) is 11.8. The van der Waals surface area contributed by atoms with Crippen LogP contribution in [0, 0.1) is 0 Å². The number of benzene rings is 2. The Morgan fingerprint density at radius 3 is 2.82 bits per heavy atom.